The van der Waals surface area contributed by atoms with Crippen molar-refractivity contribution in [2.45, 2.75) is 116 Å². The predicted molar refractivity (Wildman–Crippen MR) is 253 cm³/mol. The van der Waals surface area contributed by atoms with Crippen molar-refractivity contribution in [3.63, 3.8) is 0 Å². The molecule has 7 rings (SSSR count). The fourth-order valence-electron chi connectivity index (χ4n) is 8.22. The number of imidazole rings is 1. The highest BCUT2D eigenvalue weighted by Gasteiger charge is 2.37. The summed E-state index contributed by atoms with van der Waals surface area (Å²) < 4.78 is 2.25. The van der Waals surface area contributed by atoms with Crippen LogP contribution in [0.1, 0.15) is 107 Å². The first kappa shape index (κ1) is 45.3. The number of para-hydroxylation sites is 2. The van der Waals surface area contributed by atoms with Crippen LogP contribution in [0.25, 0.3) is 21.9 Å². The predicted octanol–water partition coefficient (Wildman–Crippen LogP) is 7.29. The molecule has 0 saturated heterocycles. The monoisotopic (exact) mass is 858 g/mol. The molecular formula is C52H58N8O4. The maximum Gasteiger partial charge on any atom is 0.227 e. The Labute approximate surface area is 375 Å². The number of nitrogens with two attached hydrogens (primary N) is 2. The lowest BCUT2D eigenvalue weighted by Gasteiger charge is -2.33. The fourth-order valence-corrected chi connectivity index (χ4v) is 8.22. The molecule has 0 spiro atoms. The van der Waals surface area contributed by atoms with Crippen LogP contribution in [0.2, 0.25) is 0 Å². The van der Waals surface area contributed by atoms with Gasteiger partial charge in [0.2, 0.25) is 11.8 Å². The third-order valence-corrected chi connectivity index (χ3v) is 11.9. The third kappa shape index (κ3) is 10.4. The van der Waals surface area contributed by atoms with Gasteiger partial charge in [-0.15, -0.1) is 0 Å². The Balaban J connectivity index is 0.962. The Morgan fingerprint density at radius 3 is 2.23 bits per heavy atom. The summed E-state index contributed by atoms with van der Waals surface area (Å²) in [5.74, 6) is 6.81. The molecule has 330 valence electrons. The van der Waals surface area contributed by atoms with Gasteiger partial charge in [-0.05, 0) is 81.5 Å². The van der Waals surface area contributed by atoms with Gasteiger partial charge >= 0.3 is 0 Å². The minimum absolute atomic E-state index is 0.0270. The first-order chi connectivity index (χ1) is 30.6. The lowest BCUT2D eigenvalue weighted by atomic mass is 9.87. The Morgan fingerprint density at radius 2 is 1.48 bits per heavy atom. The number of anilines is 2. The summed E-state index contributed by atoms with van der Waals surface area (Å²) >= 11 is 0. The van der Waals surface area contributed by atoms with E-state index in [0.717, 1.165) is 69.3 Å². The van der Waals surface area contributed by atoms with Crippen molar-refractivity contribution >= 4 is 56.8 Å². The zero-order chi connectivity index (χ0) is 45.6. The molecule has 0 radical (unpaired) electrons. The van der Waals surface area contributed by atoms with Crippen molar-refractivity contribution in [1.82, 2.24) is 25.2 Å². The van der Waals surface area contributed by atoms with E-state index >= 15 is 0 Å². The standard InChI is InChI=1S/C52H58N8O4/c1-6-7-20-44-57-47-48(39-17-11-12-18-40(39)56-50(47)53)60(44)32-35-23-21-34(22-24-35)31-55-45(62)29-27-41(49(64)51(2,3)54)58-52(4,5)43(61)28-30-46(63)59-33-38-16-9-8-14-36(38)25-26-37-15-10-13-19-42(37)59/h8-19,21-24,41,58H,6-7,20,27-33,54H2,1-5H3,(H2,53,56)(H,55,62). The number of aromatic nitrogens is 3. The van der Waals surface area contributed by atoms with Crippen molar-refractivity contribution < 1.29 is 19.2 Å². The number of unbranched alkanes of at least 4 members (excludes halogenated alkanes) is 1. The second-order valence-corrected chi connectivity index (χ2v) is 17.8. The van der Waals surface area contributed by atoms with Gasteiger partial charge in [0.1, 0.15) is 11.3 Å². The topological polar surface area (TPSA) is 178 Å². The van der Waals surface area contributed by atoms with Gasteiger partial charge in [-0.25, -0.2) is 9.97 Å². The van der Waals surface area contributed by atoms with Crippen LogP contribution in [0.3, 0.4) is 0 Å². The zero-order valence-corrected chi connectivity index (χ0v) is 37.5. The number of nitrogens with zero attached hydrogens (tertiary/aromatic N) is 4. The summed E-state index contributed by atoms with van der Waals surface area (Å²) in [5, 5.41) is 7.22. The first-order valence-electron chi connectivity index (χ1n) is 22.1. The molecule has 3 heterocycles. The van der Waals surface area contributed by atoms with Gasteiger partial charge in [0.15, 0.2) is 17.4 Å². The number of benzene rings is 4. The van der Waals surface area contributed by atoms with Crippen LogP contribution in [-0.4, -0.2) is 55.0 Å². The molecule has 6 N–H and O–H groups in total. The number of hydrogen-bond donors (Lipinski definition) is 4. The molecule has 1 atom stereocenters. The molecule has 2 amide bonds. The second-order valence-electron chi connectivity index (χ2n) is 17.8. The number of amides is 2. The van der Waals surface area contributed by atoms with Gasteiger partial charge in [-0.2, -0.15) is 0 Å². The van der Waals surface area contributed by atoms with Gasteiger partial charge in [0, 0.05) is 55.3 Å². The molecule has 6 aromatic rings. The van der Waals surface area contributed by atoms with Crippen molar-refractivity contribution in [2.24, 2.45) is 5.73 Å². The molecule has 4 aromatic carbocycles. The summed E-state index contributed by atoms with van der Waals surface area (Å²) in [6.07, 6.45) is 2.92. The quantitative estimate of drug-likeness (QED) is 0.0646. The van der Waals surface area contributed by atoms with Crippen LogP contribution in [-0.2, 0) is 45.2 Å². The second kappa shape index (κ2) is 19.4. The molecule has 1 unspecified atom stereocenters. The van der Waals surface area contributed by atoms with E-state index in [1.165, 1.54) is 0 Å². The minimum atomic E-state index is -1.22. The number of hydrogen-bond acceptors (Lipinski definition) is 9. The van der Waals surface area contributed by atoms with E-state index in [1.54, 1.807) is 32.6 Å². The van der Waals surface area contributed by atoms with E-state index in [0.29, 0.717) is 36.7 Å². The SMILES string of the molecule is CCCCc1nc2c(N)nc3ccccc3c2n1Cc1ccc(CNC(=O)CCC(NC(C)(C)C(=O)CCC(=O)N2Cc3ccccc3C#Cc3ccccc32)C(=O)C(C)(C)N)cc1. The number of ketones is 2. The van der Waals surface area contributed by atoms with Crippen molar-refractivity contribution in [3.8, 4) is 11.8 Å². The van der Waals surface area contributed by atoms with Crippen molar-refractivity contribution in [1.29, 1.82) is 0 Å². The van der Waals surface area contributed by atoms with Crippen LogP contribution < -0.4 is 27.0 Å². The van der Waals surface area contributed by atoms with Gasteiger partial charge in [-0.1, -0.05) is 98.0 Å². The maximum absolute atomic E-state index is 13.9. The molecule has 1 aliphatic heterocycles. The molecule has 1 aliphatic rings. The Hall–Kier alpha value is -6.68. The van der Waals surface area contributed by atoms with Crippen LogP contribution in [0.5, 0.6) is 0 Å². The molecule has 0 aliphatic carbocycles. The largest absolute Gasteiger partial charge is 0.382 e. The smallest absolute Gasteiger partial charge is 0.227 e. The van der Waals surface area contributed by atoms with E-state index in [9.17, 15) is 19.2 Å². The lowest BCUT2D eigenvalue weighted by Crippen LogP contribution is -2.59. The number of carbonyl (C=O) groups excluding carboxylic acids is 4. The van der Waals surface area contributed by atoms with Crippen molar-refractivity contribution in [2.75, 3.05) is 10.6 Å². The Morgan fingerprint density at radius 1 is 0.812 bits per heavy atom. The molecular weight excluding hydrogens is 801 g/mol. The fraction of sp³-hybridized carbons (Fsp3) is 0.346. The van der Waals surface area contributed by atoms with Gasteiger partial charge in [0.25, 0.3) is 0 Å². The number of fused-ring (bicyclic) bond motifs is 5. The summed E-state index contributed by atoms with van der Waals surface area (Å²) in [4.78, 5) is 65.9. The summed E-state index contributed by atoms with van der Waals surface area (Å²) in [7, 11) is 0. The number of nitrogen functional groups attached to an aromatic ring is 1. The molecule has 0 bridgehead atoms. The van der Waals surface area contributed by atoms with Crippen LogP contribution >= 0.6 is 0 Å². The molecule has 64 heavy (non-hydrogen) atoms. The zero-order valence-electron chi connectivity index (χ0n) is 37.5. The number of rotatable bonds is 18. The van der Waals surface area contributed by atoms with E-state index < -0.39 is 17.1 Å². The number of nitrogens with one attached hydrogen (secondary N) is 2. The normalized spacial score (nSPS) is 13.0. The average molecular weight is 859 g/mol. The number of pyridine rings is 1. The molecule has 2 aromatic heterocycles. The van der Waals surface area contributed by atoms with Crippen molar-refractivity contribution in [3.05, 3.63) is 131 Å². The molecule has 12 nitrogen and oxygen atoms in total. The maximum atomic E-state index is 13.9. The number of aryl methyl sites for hydroxylation is 1. The highest BCUT2D eigenvalue weighted by molar-refractivity contribution is 6.06. The number of Topliss-reactive ketones (excluding diaryl/α,β-unsaturated/α-hetero) is 2. The van der Waals surface area contributed by atoms with Gasteiger partial charge in [-0.3, -0.25) is 24.5 Å². The lowest BCUT2D eigenvalue weighted by molar-refractivity contribution is -0.130. The minimum Gasteiger partial charge on any atom is -0.382 e. The van der Waals surface area contributed by atoms with Crippen LogP contribution in [0, 0.1) is 11.8 Å². The molecule has 0 fully saturated rings. The molecule has 12 heteroatoms. The van der Waals surface area contributed by atoms with E-state index in [1.807, 2.05) is 78.9 Å². The van der Waals surface area contributed by atoms with Crippen LogP contribution in [0.4, 0.5) is 11.5 Å². The number of carbonyl (C=O) groups is 4. The summed E-state index contributed by atoms with van der Waals surface area (Å²) in [5.41, 5.74) is 18.0. The van der Waals surface area contributed by atoms with E-state index in [4.69, 9.17) is 16.5 Å². The summed E-state index contributed by atoms with van der Waals surface area (Å²) in [6, 6.07) is 30.4. The Bertz CT molecular complexity index is 2770. The highest BCUT2D eigenvalue weighted by Crippen LogP contribution is 2.31. The Kier molecular flexibility index (Phi) is 13.7. The van der Waals surface area contributed by atoms with Gasteiger partial charge in [0.05, 0.1) is 40.4 Å². The first-order valence-corrected chi connectivity index (χ1v) is 22.1. The summed E-state index contributed by atoms with van der Waals surface area (Å²) in [6.45, 7) is 10.00. The van der Waals surface area contributed by atoms with E-state index in [2.05, 4.69) is 57.1 Å². The third-order valence-electron chi connectivity index (χ3n) is 11.9. The molecule has 0 saturated carbocycles. The van der Waals surface area contributed by atoms with Gasteiger partial charge < -0.3 is 26.3 Å². The van der Waals surface area contributed by atoms with E-state index in [-0.39, 0.29) is 49.1 Å². The average Bonchev–Trinajstić information content (AvgIpc) is 3.64. The highest BCUT2D eigenvalue weighted by atomic mass is 16.2. The van der Waals surface area contributed by atoms with Crippen LogP contribution in [0.15, 0.2) is 97.1 Å².